The Kier molecular flexibility index (Phi) is 10.3. The van der Waals surface area contributed by atoms with Crippen LogP contribution in [0.25, 0.3) is 167 Å². The lowest BCUT2D eigenvalue weighted by atomic mass is 9.99. The van der Waals surface area contributed by atoms with E-state index in [1.165, 1.54) is 38.1 Å². The van der Waals surface area contributed by atoms with E-state index in [-0.39, 0.29) is 0 Å². The van der Waals surface area contributed by atoms with Crippen molar-refractivity contribution < 1.29 is 0 Å². The van der Waals surface area contributed by atoms with Crippen LogP contribution in [0.15, 0.2) is 303 Å². The zero-order chi connectivity index (χ0) is 57.6. The topological polar surface area (TPSA) is 54.3 Å². The fraction of sp³-hybridized carbons (Fsp3) is 0. The zero-order valence-corrected chi connectivity index (χ0v) is 47.4. The van der Waals surface area contributed by atoms with E-state index in [0.29, 0.717) is 0 Å². The molecule has 8 heteroatoms. The number of hydrogen-bond acceptors (Lipinski definition) is 2. The Hall–Kier alpha value is -12.0. The van der Waals surface area contributed by atoms with Gasteiger partial charge >= 0.3 is 0 Å². The van der Waals surface area contributed by atoms with Crippen molar-refractivity contribution in [3.63, 3.8) is 0 Å². The molecule has 88 heavy (non-hydrogen) atoms. The van der Waals surface area contributed by atoms with Crippen LogP contribution in [0.2, 0.25) is 0 Å². The zero-order valence-electron chi connectivity index (χ0n) is 47.4. The summed E-state index contributed by atoms with van der Waals surface area (Å²) in [5.41, 5.74) is 26.4. The van der Waals surface area contributed by atoms with Gasteiger partial charge in [-0.2, -0.15) is 0 Å². The molecule has 0 bridgehead atoms. The molecule has 0 spiro atoms. The average Bonchev–Trinajstić information content (AvgIpc) is 1.80. The summed E-state index contributed by atoms with van der Waals surface area (Å²) < 4.78 is 14.1. The van der Waals surface area contributed by atoms with Gasteiger partial charge in [0.25, 0.3) is 0 Å². The first-order chi connectivity index (χ1) is 43.7. The number of aromatic nitrogens is 8. The smallest absolute Gasteiger partial charge is 0.220 e. The summed E-state index contributed by atoms with van der Waals surface area (Å²) in [5, 5.41) is 4.79. The van der Waals surface area contributed by atoms with Gasteiger partial charge in [0, 0.05) is 55.4 Å². The van der Waals surface area contributed by atoms with E-state index in [1.807, 2.05) is 0 Å². The van der Waals surface area contributed by atoms with Crippen LogP contribution >= 0.6 is 0 Å². The first kappa shape index (κ1) is 48.4. The van der Waals surface area contributed by atoms with Crippen LogP contribution in [0.1, 0.15) is 0 Å². The highest BCUT2D eigenvalue weighted by molar-refractivity contribution is 6.17. The molecule has 0 fully saturated rings. The molecule has 6 aromatic heterocycles. The van der Waals surface area contributed by atoms with Gasteiger partial charge in [-0.3, -0.25) is 17.9 Å². The van der Waals surface area contributed by atoms with Crippen molar-refractivity contribution >= 4 is 99.3 Å². The highest BCUT2D eigenvalue weighted by Crippen LogP contribution is 2.44. The molecule has 0 amide bonds. The Morgan fingerprint density at radius 2 is 0.648 bits per heavy atom. The Labute approximate surface area is 504 Å². The number of fused-ring (bicyclic) bond motifs is 16. The molecule has 8 nitrogen and oxygen atoms in total. The van der Waals surface area contributed by atoms with Gasteiger partial charge in [-0.15, -0.1) is 0 Å². The highest BCUT2D eigenvalue weighted by Gasteiger charge is 2.25. The average molecular weight is 1120 g/mol. The Bertz CT molecular complexity index is 6040. The van der Waals surface area contributed by atoms with Gasteiger partial charge in [-0.25, -0.2) is 9.97 Å². The third-order valence-electron chi connectivity index (χ3n) is 18.2. The van der Waals surface area contributed by atoms with Gasteiger partial charge in [0.2, 0.25) is 11.6 Å². The van der Waals surface area contributed by atoms with E-state index in [0.717, 1.165) is 128 Å². The number of benzene rings is 13. The summed E-state index contributed by atoms with van der Waals surface area (Å²) in [5.74, 6) is 1.74. The molecule has 0 radical (unpaired) electrons. The number of nitrogens with zero attached hydrogens (tertiary/aromatic N) is 8. The van der Waals surface area contributed by atoms with E-state index in [9.17, 15) is 0 Å². The van der Waals surface area contributed by atoms with Gasteiger partial charge < -0.3 is 9.13 Å². The van der Waals surface area contributed by atoms with Crippen LogP contribution in [0, 0.1) is 0 Å². The fourth-order valence-corrected chi connectivity index (χ4v) is 14.3. The van der Waals surface area contributed by atoms with E-state index in [2.05, 4.69) is 330 Å². The first-order valence-electron chi connectivity index (χ1n) is 30.0. The lowest BCUT2D eigenvalue weighted by Crippen LogP contribution is -1.96. The number of imidazole rings is 4. The second-order valence-corrected chi connectivity index (χ2v) is 23.0. The molecule has 0 aliphatic heterocycles. The fourth-order valence-electron chi connectivity index (χ4n) is 14.3. The minimum absolute atomic E-state index is 0.858. The first-order valence-corrected chi connectivity index (χ1v) is 30.0. The normalized spacial score (nSPS) is 12.1. The van der Waals surface area contributed by atoms with Crippen LogP contribution in [0.5, 0.6) is 0 Å². The Morgan fingerprint density at radius 3 is 1.34 bits per heavy atom. The molecule has 6 heterocycles. The SMILES string of the molecule is c1ccc(-c2cccc(-n3c4ccc(-c5ccc6c(c5)c5cccc(-c7cccc8c7nc7n(-c9ccccc9)c9ccc(-c%10ccc%11c(c%10)c%10ccccc%10n%11-c%10ccccc%10)cc9n87)c5n6-c5ccccc5)cc4n4c5ccccc5nc34)c2)cc1. The van der Waals surface area contributed by atoms with Crippen molar-refractivity contribution in [3.8, 4) is 67.3 Å². The van der Waals surface area contributed by atoms with E-state index >= 15 is 0 Å². The molecule has 0 saturated carbocycles. The largest absolute Gasteiger partial charge is 0.309 e. The summed E-state index contributed by atoms with van der Waals surface area (Å²) in [6, 6.07) is 110. The third-order valence-corrected chi connectivity index (χ3v) is 18.2. The van der Waals surface area contributed by atoms with Gasteiger partial charge in [-0.05, 0) is 155 Å². The number of rotatable bonds is 8. The second kappa shape index (κ2) is 18.7. The third kappa shape index (κ3) is 7.08. The summed E-state index contributed by atoms with van der Waals surface area (Å²) >= 11 is 0. The lowest BCUT2D eigenvalue weighted by molar-refractivity contribution is 1.11. The van der Waals surface area contributed by atoms with Gasteiger partial charge in [0.15, 0.2) is 0 Å². The summed E-state index contributed by atoms with van der Waals surface area (Å²) in [6.07, 6.45) is 0. The number of para-hydroxylation sites is 8. The van der Waals surface area contributed by atoms with Crippen molar-refractivity contribution in [1.82, 2.24) is 37.0 Å². The highest BCUT2D eigenvalue weighted by atomic mass is 15.2. The summed E-state index contributed by atoms with van der Waals surface area (Å²) in [7, 11) is 0. The molecular formula is C80H50N8. The summed E-state index contributed by atoms with van der Waals surface area (Å²) in [4.78, 5) is 11.0. The van der Waals surface area contributed by atoms with Crippen LogP contribution in [-0.4, -0.2) is 37.0 Å². The maximum absolute atomic E-state index is 5.74. The van der Waals surface area contributed by atoms with E-state index < -0.39 is 0 Å². The van der Waals surface area contributed by atoms with Gasteiger partial charge in [0.1, 0.15) is 0 Å². The molecule has 0 aliphatic rings. The molecule has 19 aromatic rings. The van der Waals surface area contributed by atoms with Crippen molar-refractivity contribution in [3.05, 3.63) is 303 Å². The maximum Gasteiger partial charge on any atom is 0.220 e. The molecule has 19 rings (SSSR count). The minimum atomic E-state index is 0.858. The minimum Gasteiger partial charge on any atom is -0.309 e. The quantitative estimate of drug-likeness (QED) is 0.152. The Balaban J connectivity index is 0.792. The van der Waals surface area contributed by atoms with Crippen molar-refractivity contribution in [2.24, 2.45) is 0 Å². The van der Waals surface area contributed by atoms with Crippen molar-refractivity contribution in [2.45, 2.75) is 0 Å². The van der Waals surface area contributed by atoms with Crippen molar-refractivity contribution in [2.75, 3.05) is 0 Å². The van der Waals surface area contributed by atoms with Crippen LogP contribution < -0.4 is 0 Å². The molecule has 0 unspecified atom stereocenters. The Morgan fingerprint density at radius 1 is 0.216 bits per heavy atom. The standard InChI is InChI=1S/C80H50N8/c1-5-20-51(21-6-1)52-22-17-29-60(46-52)86-73-45-41-55(49-75(73)87-71-36-16-14-34-67(71)81-79(86)87)54-39-43-70-66(48-54)64-33-18-32-63(78(64)84(70)58-25-9-3-10-26-58)62-31-19-37-74-77(62)82-80-85(59-27-11-4-12-28-59)72-44-40-56(50-76(72)88(74)80)53-38-42-69-65(47-53)61-30-13-15-35-68(61)83(69)57-23-7-2-8-24-57/h1-50H. The van der Waals surface area contributed by atoms with Gasteiger partial charge in [-0.1, -0.05) is 182 Å². The molecule has 0 aliphatic carbocycles. The number of hydrogen-bond donors (Lipinski definition) is 0. The van der Waals surface area contributed by atoms with Crippen LogP contribution in [-0.2, 0) is 0 Å². The lowest BCUT2D eigenvalue weighted by Gasteiger charge is -2.12. The monoisotopic (exact) mass is 1120 g/mol. The van der Waals surface area contributed by atoms with E-state index in [1.54, 1.807) is 0 Å². The van der Waals surface area contributed by atoms with Crippen molar-refractivity contribution in [1.29, 1.82) is 0 Å². The van der Waals surface area contributed by atoms with Gasteiger partial charge in [0.05, 0.1) is 66.2 Å². The van der Waals surface area contributed by atoms with E-state index in [4.69, 9.17) is 9.97 Å². The summed E-state index contributed by atoms with van der Waals surface area (Å²) in [6.45, 7) is 0. The molecule has 0 saturated heterocycles. The molecule has 0 N–H and O–H groups in total. The molecule has 410 valence electrons. The molecular weight excluding hydrogens is 1070 g/mol. The molecule has 0 atom stereocenters. The van der Waals surface area contributed by atoms with Crippen LogP contribution in [0.4, 0.5) is 0 Å². The maximum atomic E-state index is 5.74. The predicted molar refractivity (Wildman–Crippen MR) is 363 cm³/mol. The second-order valence-electron chi connectivity index (χ2n) is 23.0. The predicted octanol–water partition coefficient (Wildman–Crippen LogP) is 20.0. The molecule has 13 aromatic carbocycles. The van der Waals surface area contributed by atoms with Crippen LogP contribution in [0.3, 0.4) is 0 Å².